The van der Waals surface area contributed by atoms with Crippen molar-refractivity contribution in [2.45, 2.75) is 18.2 Å². The van der Waals surface area contributed by atoms with Crippen molar-refractivity contribution in [2.24, 2.45) is 23.7 Å². The van der Waals surface area contributed by atoms with E-state index in [0.717, 1.165) is 28.6 Å². The van der Waals surface area contributed by atoms with Gasteiger partial charge in [0.2, 0.25) is 16.9 Å². The van der Waals surface area contributed by atoms with Gasteiger partial charge in [-0.3, -0.25) is 14.4 Å². The zero-order chi connectivity index (χ0) is 19.4. The number of amides is 2. The molecule has 2 amide bonds. The van der Waals surface area contributed by atoms with Gasteiger partial charge < -0.3 is 0 Å². The molecule has 5 rings (SSSR count). The number of carbonyl (C=O) groups excluding carboxylic acids is 3. The van der Waals surface area contributed by atoms with Crippen molar-refractivity contribution < 1.29 is 14.4 Å². The Kier molecular flexibility index (Phi) is 4.02. The SMILES string of the molecule is Cc1ccc(SC(=O)c2cccc(N3C(=O)[C@@H]4[C@H](C3=O)[C@H]3C=C[C@H]4C3)c2)cc1. The Labute approximate surface area is 167 Å². The predicted octanol–water partition coefficient (Wildman–Crippen LogP) is 4.24. The first-order valence-corrected chi connectivity index (χ1v) is 10.3. The fraction of sp³-hybridized carbons (Fsp3) is 0.261. The number of benzene rings is 2. The van der Waals surface area contributed by atoms with Crippen molar-refractivity contribution in [1.82, 2.24) is 0 Å². The lowest BCUT2D eigenvalue weighted by Crippen LogP contribution is -2.32. The summed E-state index contributed by atoms with van der Waals surface area (Å²) >= 11 is 1.15. The molecule has 4 atom stereocenters. The van der Waals surface area contributed by atoms with Crippen LogP contribution < -0.4 is 4.90 Å². The van der Waals surface area contributed by atoms with Crippen LogP contribution in [0.4, 0.5) is 5.69 Å². The molecule has 1 saturated carbocycles. The Hall–Kier alpha value is -2.66. The summed E-state index contributed by atoms with van der Waals surface area (Å²) in [5.74, 6) is -0.352. The van der Waals surface area contributed by atoms with Crippen LogP contribution in [0.25, 0.3) is 0 Å². The van der Waals surface area contributed by atoms with E-state index in [4.69, 9.17) is 0 Å². The second-order valence-electron chi connectivity index (χ2n) is 7.76. The van der Waals surface area contributed by atoms with Gasteiger partial charge in [-0.05, 0) is 61.2 Å². The third-order valence-corrected chi connectivity index (χ3v) is 6.97. The Balaban J connectivity index is 1.40. The monoisotopic (exact) mass is 389 g/mol. The number of hydrogen-bond acceptors (Lipinski definition) is 4. The van der Waals surface area contributed by atoms with Crippen molar-refractivity contribution in [3.63, 3.8) is 0 Å². The number of carbonyl (C=O) groups is 3. The molecule has 1 saturated heterocycles. The topological polar surface area (TPSA) is 54.5 Å². The number of fused-ring (bicyclic) bond motifs is 5. The molecule has 5 heteroatoms. The van der Waals surface area contributed by atoms with Crippen molar-refractivity contribution in [1.29, 1.82) is 0 Å². The molecule has 2 aliphatic carbocycles. The number of hydrogen-bond donors (Lipinski definition) is 0. The lowest BCUT2D eigenvalue weighted by Gasteiger charge is -2.18. The smallest absolute Gasteiger partial charge is 0.238 e. The number of allylic oxidation sites excluding steroid dienone is 2. The molecule has 1 aliphatic heterocycles. The summed E-state index contributed by atoms with van der Waals surface area (Å²) in [4.78, 5) is 40.8. The van der Waals surface area contributed by atoms with Gasteiger partial charge in [0, 0.05) is 10.5 Å². The quantitative estimate of drug-likeness (QED) is 0.448. The highest BCUT2D eigenvalue weighted by molar-refractivity contribution is 8.14. The Morgan fingerprint density at radius 2 is 1.61 bits per heavy atom. The molecule has 2 aromatic carbocycles. The van der Waals surface area contributed by atoms with Gasteiger partial charge in [-0.25, -0.2) is 4.90 Å². The van der Waals surface area contributed by atoms with Crippen molar-refractivity contribution in [3.8, 4) is 0 Å². The number of anilines is 1. The fourth-order valence-electron chi connectivity index (χ4n) is 4.70. The first-order valence-electron chi connectivity index (χ1n) is 9.48. The molecule has 140 valence electrons. The zero-order valence-corrected chi connectivity index (χ0v) is 16.2. The highest BCUT2D eigenvalue weighted by atomic mass is 32.2. The number of imide groups is 1. The van der Waals surface area contributed by atoms with Gasteiger partial charge in [-0.1, -0.05) is 42.0 Å². The van der Waals surface area contributed by atoms with E-state index in [2.05, 4.69) is 12.2 Å². The third kappa shape index (κ3) is 2.65. The number of thioether (sulfide) groups is 1. The van der Waals surface area contributed by atoms with E-state index in [-0.39, 0.29) is 40.6 Å². The minimum absolute atomic E-state index is 0.105. The summed E-state index contributed by atoms with van der Waals surface area (Å²) in [6.45, 7) is 2.00. The van der Waals surface area contributed by atoms with Crippen molar-refractivity contribution >= 4 is 34.4 Å². The first-order chi connectivity index (χ1) is 13.5. The lowest BCUT2D eigenvalue weighted by atomic mass is 9.85. The highest BCUT2D eigenvalue weighted by Crippen LogP contribution is 2.53. The highest BCUT2D eigenvalue weighted by Gasteiger charge is 2.59. The maximum absolute atomic E-state index is 13.0. The van der Waals surface area contributed by atoms with E-state index < -0.39 is 0 Å². The minimum atomic E-state index is -0.233. The normalized spacial score (nSPS) is 27.5. The molecule has 3 aliphatic rings. The minimum Gasteiger partial charge on any atom is -0.281 e. The van der Waals surface area contributed by atoms with E-state index in [1.807, 2.05) is 31.2 Å². The van der Waals surface area contributed by atoms with Crippen LogP contribution >= 0.6 is 11.8 Å². The van der Waals surface area contributed by atoms with E-state index in [1.54, 1.807) is 24.3 Å². The standard InChI is InChI=1S/C23H19NO3S/c1-13-5-9-18(10-6-13)28-23(27)16-3-2-4-17(12-16)24-21(25)19-14-7-8-15(11-14)20(19)22(24)26/h2-10,12,14-15,19-20H,11H2,1H3/t14-,15-,19-,20+/m0/s1. The molecule has 2 bridgehead atoms. The van der Waals surface area contributed by atoms with Gasteiger partial charge in [-0.15, -0.1) is 0 Å². The van der Waals surface area contributed by atoms with Gasteiger partial charge >= 0.3 is 0 Å². The molecule has 28 heavy (non-hydrogen) atoms. The van der Waals surface area contributed by atoms with Gasteiger partial charge in [-0.2, -0.15) is 0 Å². The summed E-state index contributed by atoms with van der Waals surface area (Å²) in [5, 5.41) is -0.105. The summed E-state index contributed by atoms with van der Waals surface area (Å²) < 4.78 is 0. The van der Waals surface area contributed by atoms with Crippen LogP contribution in [-0.2, 0) is 9.59 Å². The lowest BCUT2D eigenvalue weighted by molar-refractivity contribution is -0.123. The summed E-state index contributed by atoms with van der Waals surface area (Å²) in [6, 6.07) is 14.6. The largest absolute Gasteiger partial charge is 0.281 e. The van der Waals surface area contributed by atoms with E-state index in [0.29, 0.717) is 11.3 Å². The van der Waals surface area contributed by atoms with Crippen LogP contribution in [0.5, 0.6) is 0 Å². The number of aryl methyl sites for hydroxylation is 1. The molecule has 0 spiro atoms. The van der Waals surface area contributed by atoms with Crippen LogP contribution in [0.1, 0.15) is 22.3 Å². The van der Waals surface area contributed by atoms with Crippen LogP contribution in [0.15, 0.2) is 65.6 Å². The molecular weight excluding hydrogens is 370 g/mol. The van der Waals surface area contributed by atoms with Crippen LogP contribution in [0, 0.1) is 30.6 Å². The van der Waals surface area contributed by atoms with Crippen molar-refractivity contribution in [2.75, 3.05) is 4.90 Å². The van der Waals surface area contributed by atoms with Crippen LogP contribution in [-0.4, -0.2) is 16.9 Å². The Morgan fingerprint density at radius 3 is 2.25 bits per heavy atom. The predicted molar refractivity (Wildman–Crippen MR) is 108 cm³/mol. The van der Waals surface area contributed by atoms with Gasteiger partial charge in [0.15, 0.2) is 0 Å². The third-order valence-electron chi connectivity index (χ3n) is 6.04. The molecule has 1 heterocycles. The van der Waals surface area contributed by atoms with Gasteiger partial charge in [0.1, 0.15) is 0 Å². The average Bonchev–Trinajstić information content (AvgIpc) is 3.37. The number of nitrogens with zero attached hydrogens (tertiary/aromatic N) is 1. The fourth-order valence-corrected chi connectivity index (χ4v) is 5.43. The van der Waals surface area contributed by atoms with Crippen molar-refractivity contribution in [3.05, 3.63) is 71.8 Å². The second kappa shape index (κ2) is 6.45. The molecule has 4 nitrogen and oxygen atoms in total. The van der Waals surface area contributed by atoms with Crippen LogP contribution in [0.2, 0.25) is 0 Å². The number of rotatable bonds is 3. The van der Waals surface area contributed by atoms with Gasteiger partial charge in [0.25, 0.3) is 0 Å². The molecule has 0 radical (unpaired) electrons. The van der Waals surface area contributed by atoms with E-state index in [1.165, 1.54) is 4.90 Å². The molecule has 0 N–H and O–H groups in total. The Morgan fingerprint density at radius 1 is 0.964 bits per heavy atom. The molecule has 2 aromatic rings. The summed E-state index contributed by atoms with van der Waals surface area (Å²) in [6.07, 6.45) is 5.07. The van der Waals surface area contributed by atoms with E-state index >= 15 is 0 Å². The zero-order valence-electron chi connectivity index (χ0n) is 15.4. The summed E-state index contributed by atoms with van der Waals surface area (Å²) in [7, 11) is 0. The molecule has 2 fully saturated rings. The molecule has 0 aromatic heterocycles. The van der Waals surface area contributed by atoms with E-state index in [9.17, 15) is 14.4 Å². The maximum atomic E-state index is 13.0. The summed E-state index contributed by atoms with van der Waals surface area (Å²) in [5.41, 5.74) is 2.12. The average molecular weight is 389 g/mol. The Bertz CT molecular complexity index is 996. The van der Waals surface area contributed by atoms with Crippen LogP contribution in [0.3, 0.4) is 0 Å². The maximum Gasteiger partial charge on any atom is 0.238 e. The second-order valence-corrected chi connectivity index (χ2v) is 8.81. The molecular formula is C23H19NO3S. The first kappa shape index (κ1) is 17.4. The molecule has 0 unspecified atom stereocenters. The van der Waals surface area contributed by atoms with Gasteiger partial charge in [0.05, 0.1) is 17.5 Å².